The van der Waals surface area contributed by atoms with Gasteiger partial charge >= 0.3 is 0 Å². The molecule has 1 heterocycles. The molecule has 0 aliphatic heterocycles. The van der Waals surface area contributed by atoms with Gasteiger partial charge in [-0.1, -0.05) is 12.1 Å². The molecule has 2 N–H and O–H groups in total. The number of benzene rings is 1. The molecule has 20 heavy (non-hydrogen) atoms. The molecule has 106 valence electrons. The van der Waals surface area contributed by atoms with E-state index in [4.69, 9.17) is 9.47 Å². The fourth-order valence-electron chi connectivity index (χ4n) is 1.61. The smallest absolute Gasteiger partial charge is 0.226 e. The van der Waals surface area contributed by atoms with Crippen molar-refractivity contribution in [2.75, 3.05) is 19.0 Å². The minimum atomic E-state index is -0.134. The van der Waals surface area contributed by atoms with Crippen molar-refractivity contribution in [3.05, 3.63) is 30.6 Å². The number of hydrogen-bond acceptors (Lipinski definition) is 5. The third kappa shape index (κ3) is 3.98. The Labute approximate surface area is 116 Å². The van der Waals surface area contributed by atoms with Crippen LogP contribution in [0.5, 0.6) is 11.5 Å². The molecule has 0 aliphatic rings. The first-order chi connectivity index (χ1) is 9.79. The molecule has 0 spiro atoms. The molecule has 0 fully saturated rings. The van der Waals surface area contributed by atoms with E-state index in [1.54, 1.807) is 7.11 Å². The molecule has 0 aliphatic carbocycles. The molecule has 0 saturated carbocycles. The van der Waals surface area contributed by atoms with Crippen LogP contribution in [0.1, 0.15) is 12.8 Å². The van der Waals surface area contributed by atoms with Gasteiger partial charge in [-0.25, -0.2) is 5.10 Å². The van der Waals surface area contributed by atoms with Crippen LogP contribution in [0.25, 0.3) is 0 Å². The number of carbonyl (C=O) groups excluding carboxylic acids is 1. The zero-order valence-electron chi connectivity index (χ0n) is 11.1. The van der Waals surface area contributed by atoms with Crippen LogP contribution >= 0.6 is 0 Å². The number of methoxy groups -OCH3 is 1. The number of H-pyrrole nitrogens is 1. The zero-order valence-corrected chi connectivity index (χ0v) is 11.1. The summed E-state index contributed by atoms with van der Waals surface area (Å²) < 4.78 is 10.7. The Morgan fingerprint density at radius 2 is 2.15 bits per heavy atom. The van der Waals surface area contributed by atoms with Gasteiger partial charge < -0.3 is 9.47 Å². The number of ether oxygens (including phenoxy) is 2. The van der Waals surface area contributed by atoms with Gasteiger partial charge in [-0.3, -0.25) is 10.1 Å². The second-order valence-electron chi connectivity index (χ2n) is 3.99. The molecule has 0 atom stereocenters. The van der Waals surface area contributed by atoms with Crippen LogP contribution in [-0.4, -0.2) is 34.8 Å². The van der Waals surface area contributed by atoms with Crippen molar-refractivity contribution in [1.82, 2.24) is 15.2 Å². The van der Waals surface area contributed by atoms with Gasteiger partial charge in [-0.05, 0) is 18.6 Å². The lowest BCUT2D eigenvalue weighted by Crippen LogP contribution is -2.13. The molecule has 0 bridgehead atoms. The lowest BCUT2D eigenvalue weighted by atomic mass is 10.3. The number of carbonyl (C=O) groups is 1. The monoisotopic (exact) mass is 276 g/mol. The normalized spacial score (nSPS) is 10.1. The van der Waals surface area contributed by atoms with Crippen molar-refractivity contribution in [2.45, 2.75) is 12.8 Å². The van der Waals surface area contributed by atoms with Gasteiger partial charge in [0.1, 0.15) is 6.33 Å². The van der Waals surface area contributed by atoms with Gasteiger partial charge in [-0.2, -0.15) is 10.1 Å². The predicted octanol–water partition coefficient (Wildman–Crippen LogP) is 1.61. The first kappa shape index (κ1) is 13.9. The van der Waals surface area contributed by atoms with Gasteiger partial charge in [0.25, 0.3) is 0 Å². The Bertz CT molecular complexity index is 542. The van der Waals surface area contributed by atoms with E-state index >= 15 is 0 Å². The number of nitrogens with one attached hydrogen (secondary N) is 2. The summed E-state index contributed by atoms with van der Waals surface area (Å²) in [4.78, 5) is 15.4. The molecule has 1 amide bonds. The molecule has 1 aromatic carbocycles. The Hall–Kier alpha value is -2.57. The topological polar surface area (TPSA) is 89.1 Å². The van der Waals surface area contributed by atoms with Crippen LogP contribution in [0.3, 0.4) is 0 Å². The van der Waals surface area contributed by atoms with Crippen molar-refractivity contribution >= 4 is 11.9 Å². The molecular weight excluding hydrogens is 260 g/mol. The first-order valence-electron chi connectivity index (χ1n) is 6.20. The van der Waals surface area contributed by atoms with Crippen LogP contribution in [0.15, 0.2) is 30.6 Å². The first-order valence-corrected chi connectivity index (χ1v) is 6.20. The fourth-order valence-corrected chi connectivity index (χ4v) is 1.61. The summed E-state index contributed by atoms with van der Waals surface area (Å²) in [5, 5.41) is 8.79. The summed E-state index contributed by atoms with van der Waals surface area (Å²) in [6.45, 7) is 0.435. The molecule has 7 nitrogen and oxygen atoms in total. The van der Waals surface area contributed by atoms with Crippen LogP contribution in [0.4, 0.5) is 5.95 Å². The predicted molar refractivity (Wildman–Crippen MR) is 72.7 cm³/mol. The molecular formula is C13H16N4O3. The lowest BCUT2D eigenvalue weighted by molar-refractivity contribution is -0.116. The van der Waals surface area contributed by atoms with Crippen molar-refractivity contribution in [3.8, 4) is 11.5 Å². The summed E-state index contributed by atoms with van der Waals surface area (Å²) in [6, 6.07) is 7.39. The Morgan fingerprint density at radius 1 is 1.35 bits per heavy atom. The number of anilines is 1. The molecule has 0 unspecified atom stereocenters. The van der Waals surface area contributed by atoms with Crippen LogP contribution in [0, 0.1) is 0 Å². The SMILES string of the molecule is COc1ccccc1OCCCC(=O)Nc1ncn[nH]1. The molecule has 1 aromatic heterocycles. The number of hydrogen-bond donors (Lipinski definition) is 2. The van der Waals surface area contributed by atoms with Gasteiger partial charge in [0.2, 0.25) is 11.9 Å². The Morgan fingerprint density at radius 3 is 2.85 bits per heavy atom. The van der Waals surface area contributed by atoms with Gasteiger partial charge in [0.15, 0.2) is 11.5 Å². The third-order valence-electron chi connectivity index (χ3n) is 2.55. The lowest BCUT2D eigenvalue weighted by Gasteiger charge is -2.09. The van der Waals surface area contributed by atoms with Gasteiger partial charge in [0, 0.05) is 6.42 Å². The van der Waals surface area contributed by atoms with Crippen molar-refractivity contribution in [1.29, 1.82) is 0 Å². The van der Waals surface area contributed by atoms with E-state index in [0.717, 1.165) is 0 Å². The largest absolute Gasteiger partial charge is 0.493 e. The summed E-state index contributed by atoms with van der Waals surface area (Å²) in [6.07, 6.45) is 2.27. The van der Waals surface area contributed by atoms with Gasteiger partial charge in [-0.15, -0.1) is 0 Å². The molecule has 2 rings (SSSR count). The molecule has 0 saturated heterocycles. The van der Waals surface area contributed by atoms with Crippen LogP contribution in [-0.2, 0) is 4.79 Å². The maximum atomic E-state index is 11.6. The summed E-state index contributed by atoms with van der Waals surface area (Å²) in [5.41, 5.74) is 0. The van der Waals surface area contributed by atoms with E-state index in [-0.39, 0.29) is 5.91 Å². The van der Waals surface area contributed by atoms with E-state index < -0.39 is 0 Å². The maximum absolute atomic E-state index is 11.6. The fraction of sp³-hybridized carbons (Fsp3) is 0.308. The summed E-state index contributed by atoms with van der Waals surface area (Å²) in [7, 11) is 1.59. The number of para-hydroxylation sites is 2. The average molecular weight is 276 g/mol. The van der Waals surface area contributed by atoms with Crippen molar-refractivity contribution in [2.24, 2.45) is 0 Å². The molecule has 7 heteroatoms. The highest BCUT2D eigenvalue weighted by Gasteiger charge is 2.05. The van der Waals surface area contributed by atoms with E-state index in [9.17, 15) is 4.79 Å². The Balaban J connectivity index is 1.69. The number of amides is 1. The number of nitrogens with zero attached hydrogens (tertiary/aromatic N) is 2. The van der Waals surface area contributed by atoms with Gasteiger partial charge in [0.05, 0.1) is 13.7 Å². The highest BCUT2D eigenvalue weighted by Crippen LogP contribution is 2.25. The average Bonchev–Trinajstić information content (AvgIpc) is 2.97. The zero-order chi connectivity index (χ0) is 14.2. The minimum Gasteiger partial charge on any atom is -0.493 e. The third-order valence-corrected chi connectivity index (χ3v) is 2.55. The quantitative estimate of drug-likeness (QED) is 0.750. The maximum Gasteiger partial charge on any atom is 0.226 e. The van der Waals surface area contributed by atoms with Crippen molar-refractivity contribution in [3.63, 3.8) is 0 Å². The van der Waals surface area contributed by atoms with Crippen LogP contribution < -0.4 is 14.8 Å². The molecule has 2 aromatic rings. The second-order valence-corrected chi connectivity index (χ2v) is 3.99. The Kier molecular flexibility index (Phi) is 4.94. The second kappa shape index (κ2) is 7.13. The van der Waals surface area contributed by atoms with E-state index in [0.29, 0.717) is 36.9 Å². The van der Waals surface area contributed by atoms with Crippen LogP contribution in [0.2, 0.25) is 0 Å². The van der Waals surface area contributed by atoms with E-state index in [1.165, 1.54) is 6.33 Å². The highest BCUT2D eigenvalue weighted by atomic mass is 16.5. The minimum absolute atomic E-state index is 0.134. The van der Waals surface area contributed by atoms with E-state index in [1.807, 2.05) is 24.3 Å². The highest BCUT2D eigenvalue weighted by molar-refractivity contribution is 5.88. The summed E-state index contributed by atoms with van der Waals surface area (Å²) in [5.74, 6) is 1.57. The van der Waals surface area contributed by atoms with Crippen molar-refractivity contribution < 1.29 is 14.3 Å². The number of aromatic nitrogens is 3. The number of aromatic amines is 1. The number of rotatable bonds is 7. The molecule has 0 radical (unpaired) electrons. The standard InChI is InChI=1S/C13H16N4O3/c1-19-10-5-2-3-6-11(10)20-8-4-7-12(18)16-13-14-9-15-17-13/h2-3,5-6,9H,4,7-8H2,1H3,(H2,14,15,16,17,18). The van der Waals surface area contributed by atoms with E-state index in [2.05, 4.69) is 20.5 Å². The summed E-state index contributed by atoms with van der Waals surface area (Å²) >= 11 is 0.